The van der Waals surface area contributed by atoms with Gasteiger partial charge in [0.25, 0.3) is 0 Å². The van der Waals surface area contributed by atoms with Crippen molar-refractivity contribution >= 4 is 37.3 Å². The van der Waals surface area contributed by atoms with Crippen molar-refractivity contribution in [2.75, 3.05) is 14.1 Å². The number of hydrogen-bond acceptors (Lipinski definition) is 8. The van der Waals surface area contributed by atoms with E-state index in [1.807, 2.05) is 54.6 Å². The Labute approximate surface area is 224 Å². The summed E-state index contributed by atoms with van der Waals surface area (Å²) in [4.78, 5) is 18.2. The molecule has 10 heteroatoms. The second-order valence-corrected chi connectivity index (χ2v) is 12.2. The highest BCUT2D eigenvalue weighted by atomic mass is 32.2. The molecule has 8 nitrogen and oxygen atoms in total. The van der Waals surface area contributed by atoms with E-state index in [4.69, 9.17) is 4.42 Å². The van der Waals surface area contributed by atoms with Gasteiger partial charge in [0.2, 0.25) is 17.7 Å². The lowest BCUT2D eigenvalue weighted by atomic mass is 10.1. The lowest BCUT2D eigenvalue weighted by molar-refractivity contribution is -0.128. The first kappa shape index (κ1) is 25.7. The van der Waals surface area contributed by atoms with Crippen LogP contribution >= 0.6 is 11.3 Å². The highest BCUT2D eigenvalue weighted by molar-refractivity contribution is 7.91. The molecule has 38 heavy (non-hydrogen) atoms. The summed E-state index contributed by atoms with van der Waals surface area (Å²) in [6.07, 6.45) is 0.398. The fraction of sp³-hybridized carbons (Fsp3) is 0.214. The third kappa shape index (κ3) is 5.66. The summed E-state index contributed by atoms with van der Waals surface area (Å²) < 4.78 is 34.3. The molecule has 0 spiro atoms. The molecule has 2 aromatic heterocycles. The molecule has 0 aliphatic heterocycles. The first-order valence-corrected chi connectivity index (χ1v) is 14.6. The molecular weight excluding hydrogens is 520 g/mol. The molecule has 0 aliphatic rings. The number of sulfone groups is 1. The van der Waals surface area contributed by atoms with Gasteiger partial charge in [-0.2, -0.15) is 0 Å². The normalized spacial score (nSPS) is 12.5. The van der Waals surface area contributed by atoms with Crippen molar-refractivity contribution in [2.24, 2.45) is 0 Å². The van der Waals surface area contributed by atoms with Crippen LogP contribution in [0.4, 0.5) is 0 Å². The Morgan fingerprint density at radius 2 is 1.66 bits per heavy atom. The fourth-order valence-corrected chi connectivity index (χ4v) is 7.23. The molecule has 0 fully saturated rings. The number of benzene rings is 3. The molecule has 0 aliphatic carbocycles. The molecule has 3 aromatic carbocycles. The lowest BCUT2D eigenvalue weighted by Crippen LogP contribution is -2.21. The van der Waals surface area contributed by atoms with Crippen molar-refractivity contribution in [1.29, 1.82) is 0 Å². The van der Waals surface area contributed by atoms with E-state index >= 15 is 0 Å². The lowest BCUT2D eigenvalue weighted by Gasteiger charge is -2.12. The van der Waals surface area contributed by atoms with Gasteiger partial charge in [0.05, 0.1) is 16.0 Å². The third-order valence-electron chi connectivity index (χ3n) is 6.06. The zero-order valence-electron chi connectivity index (χ0n) is 20.9. The van der Waals surface area contributed by atoms with Crippen molar-refractivity contribution in [3.63, 3.8) is 0 Å². The maximum absolute atomic E-state index is 13.8. The molecule has 1 atom stereocenters. The summed E-state index contributed by atoms with van der Waals surface area (Å²) in [5.41, 5.74) is 3.43. The van der Waals surface area contributed by atoms with Gasteiger partial charge in [-0.3, -0.25) is 4.79 Å². The summed E-state index contributed by atoms with van der Waals surface area (Å²) in [5, 5.41) is 7.28. The molecule has 194 valence electrons. The van der Waals surface area contributed by atoms with E-state index in [1.54, 1.807) is 38.4 Å². The number of carbonyl (C=O) groups excluding carboxylic acids is 1. The van der Waals surface area contributed by atoms with E-state index in [0.29, 0.717) is 16.1 Å². The van der Waals surface area contributed by atoms with Gasteiger partial charge in [0.1, 0.15) is 5.01 Å². The molecule has 0 radical (unpaired) electrons. The number of rotatable bonds is 9. The maximum atomic E-state index is 13.8. The predicted molar refractivity (Wildman–Crippen MR) is 147 cm³/mol. The number of hydrogen-bond donors (Lipinski definition) is 0. The molecule has 0 bridgehead atoms. The average molecular weight is 547 g/mol. The Morgan fingerprint density at radius 3 is 2.37 bits per heavy atom. The Hall–Kier alpha value is -3.89. The number of aryl methyl sites for hydroxylation is 1. The summed E-state index contributed by atoms with van der Waals surface area (Å²) in [6.45, 7) is 0. The summed E-state index contributed by atoms with van der Waals surface area (Å²) in [5.74, 6) is -0.128. The highest BCUT2D eigenvalue weighted by Crippen LogP contribution is 2.38. The van der Waals surface area contributed by atoms with Crippen molar-refractivity contribution < 1.29 is 17.6 Å². The topological polar surface area (TPSA) is 106 Å². The van der Waals surface area contributed by atoms with Gasteiger partial charge in [0.15, 0.2) is 15.1 Å². The SMILES string of the molecule is CN(C)C(=O)CCc1nnc(C(c2nc3ccc(-c4ccccc4)cc3s2)S(=O)(=O)Cc2ccccc2)o1. The van der Waals surface area contributed by atoms with Gasteiger partial charge in [-0.05, 0) is 28.8 Å². The summed E-state index contributed by atoms with van der Waals surface area (Å²) in [6, 6.07) is 24.8. The van der Waals surface area contributed by atoms with Gasteiger partial charge >= 0.3 is 0 Å². The van der Waals surface area contributed by atoms with Crippen molar-refractivity contribution in [2.45, 2.75) is 23.8 Å². The van der Waals surface area contributed by atoms with Gasteiger partial charge < -0.3 is 9.32 Å². The van der Waals surface area contributed by atoms with E-state index in [0.717, 1.165) is 15.8 Å². The largest absolute Gasteiger partial charge is 0.423 e. The van der Waals surface area contributed by atoms with E-state index < -0.39 is 15.1 Å². The molecule has 5 aromatic rings. The molecule has 2 heterocycles. The van der Waals surface area contributed by atoms with Crippen LogP contribution in [0.5, 0.6) is 0 Å². The van der Waals surface area contributed by atoms with Gasteiger partial charge in [-0.25, -0.2) is 13.4 Å². The van der Waals surface area contributed by atoms with Crippen molar-refractivity contribution in [3.8, 4) is 11.1 Å². The number of aromatic nitrogens is 3. The van der Waals surface area contributed by atoms with Crippen LogP contribution < -0.4 is 0 Å². The number of carbonyl (C=O) groups is 1. The Bertz CT molecular complexity index is 1660. The minimum atomic E-state index is -3.85. The minimum absolute atomic E-state index is 0.0458. The van der Waals surface area contributed by atoms with E-state index in [1.165, 1.54) is 16.2 Å². The smallest absolute Gasteiger partial charge is 0.241 e. The van der Waals surface area contributed by atoms with Crippen molar-refractivity contribution in [1.82, 2.24) is 20.1 Å². The second kappa shape index (κ2) is 10.8. The first-order chi connectivity index (χ1) is 18.3. The maximum Gasteiger partial charge on any atom is 0.241 e. The average Bonchev–Trinajstić information content (AvgIpc) is 3.54. The molecule has 0 N–H and O–H groups in total. The predicted octanol–water partition coefficient (Wildman–Crippen LogP) is 5.07. The molecule has 0 saturated heterocycles. The highest BCUT2D eigenvalue weighted by Gasteiger charge is 2.37. The van der Waals surface area contributed by atoms with Gasteiger partial charge in [-0.1, -0.05) is 66.7 Å². The Kier molecular flexibility index (Phi) is 7.35. The molecular formula is C28H26N4O4S2. The van der Waals surface area contributed by atoms with Gasteiger partial charge in [0, 0.05) is 26.9 Å². The first-order valence-electron chi connectivity index (χ1n) is 12.0. The quantitative estimate of drug-likeness (QED) is 0.254. The molecule has 0 saturated carbocycles. The van der Waals surface area contributed by atoms with Crippen LogP contribution in [0.3, 0.4) is 0 Å². The minimum Gasteiger partial charge on any atom is -0.423 e. The standard InChI is InChI=1S/C28H26N4O4S2/c1-32(2)25(33)16-15-24-30-31-27(36-24)26(38(34,35)18-19-9-5-3-6-10-19)28-29-22-14-13-21(17-23(22)37-28)20-11-7-4-8-12-20/h3-14,17,26H,15-16,18H2,1-2H3. The number of fused-ring (bicyclic) bond motifs is 1. The monoisotopic (exact) mass is 546 g/mol. The summed E-state index contributed by atoms with van der Waals surface area (Å²) in [7, 11) is -0.505. The molecule has 1 unspecified atom stereocenters. The fourth-order valence-electron chi connectivity index (χ4n) is 4.08. The van der Waals surface area contributed by atoms with E-state index in [9.17, 15) is 13.2 Å². The Morgan fingerprint density at radius 1 is 0.947 bits per heavy atom. The van der Waals surface area contributed by atoms with Crippen LogP contribution in [0.1, 0.15) is 34.0 Å². The van der Waals surface area contributed by atoms with Crippen LogP contribution in [0.2, 0.25) is 0 Å². The summed E-state index contributed by atoms with van der Waals surface area (Å²) >= 11 is 1.30. The van der Waals surface area contributed by atoms with Gasteiger partial charge in [-0.15, -0.1) is 21.5 Å². The Balaban J connectivity index is 1.53. The van der Waals surface area contributed by atoms with Crippen LogP contribution in [-0.4, -0.2) is 48.5 Å². The van der Waals surface area contributed by atoms with Crippen LogP contribution in [0, 0.1) is 0 Å². The molecule has 5 rings (SSSR count). The zero-order valence-corrected chi connectivity index (χ0v) is 22.6. The third-order valence-corrected chi connectivity index (χ3v) is 9.18. The van der Waals surface area contributed by atoms with Crippen LogP contribution in [0.25, 0.3) is 21.3 Å². The number of amides is 1. The number of thiazole rings is 1. The zero-order chi connectivity index (χ0) is 26.7. The van der Waals surface area contributed by atoms with Crippen molar-refractivity contribution in [3.05, 3.63) is 101 Å². The van der Waals surface area contributed by atoms with Crippen LogP contribution in [-0.2, 0) is 26.8 Å². The van der Waals surface area contributed by atoms with Crippen LogP contribution in [0.15, 0.2) is 83.3 Å². The number of nitrogens with zero attached hydrogens (tertiary/aromatic N) is 4. The molecule has 1 amide bonds. The van der Waals surface area contributed by atoms with E-state index in [2.05, 4.69) is 15.2 Å². The second-order valence-electron chi connectivity index (χ2n) is 9.10. The van der Waals surface area contributed by atoms with E-state index in [-0.39, 0.29) is 36.3 Å².